The van der Waals surface area contributed by atoms with E-state index in [0.717, 1.165) is 12.1 Å². The Morgan fingerprint density at radius 2 is 1.90 bits per heavy atom. The second-order valence-corrected chi connectivity index (χ2v) is 3.78. The fraction of sp³-hybridized carbons (Fsp3) is 0.273. The van der Waals surface area contributed by atoms with Crippen LogP contribution < -0.4 is 16.4 Å². The molecule has 0 heterocycles. The largest absolute Gasteiger partial charge is 0.478 e. The monoisotopic (exact) mass is 291 g/mol. The second kappa shape index (κ2) is 6.13. The van der Waals surface area contributed by atoms with E-state index in [9.17, 15) is 22.8 Å². The molecule has 0 bridgehead atoms. The van der Waals surface area contributed by atoms with Crippen molar-refractivity contribution in [2.24, 2.45) is 5.73 Å². The number of anilines is 1. The van der Waals surface area contributed by atoms with E-state index in [0.29, 0.717) is 6.07 Å². The number of nitrogens with one attached hydrogen (secondary N) is 2. The molecule has 0 saturated heterocycles. The van der Waals surface area contributed by atoms with Crippen molar-refractivity contribution in [2.75, 3.05) is 18.4 Å². The Labute approximate surface area is 111 Å². The van der Waals surface area contributed by atoms with Gasteiger partial charge in [0.15, 0.2) is 0 Å². The molecule has 1 aromatic rings. The Morgan fingerprint density at radius 3 is 2.40 bits per heavy atom. The van der Waals surface area contributed by atoms with Crippen LogP contribution in [-0.2, 0) is 6.18 Å². The van der Waals surface area contributed by atoms with E-state index >= 15 is 0 Å². The fourth-order valence-electron chi connectivity index (χ4n) is 1.43. The van der Waals surface area contributed by atoms with E-state index < -0.39 is 29.3 Å². The van der Waals surface area contributed by atoms with Gasteiger partial charge >= 0.3 is 18.2 Å². The number of aromatic carboxylic acids is 1. The molecular formula is C11H12F3N3O3. The minimum Gasteiger partial charge on any atom is -0.478 e. The Hall–Kier alpha value is -2.45. The Bertz CT molecular complexity index is 517. The van der Waals surface area contributed by atoms with Gasteiger partial charge < -0.3 is 21.5 Å². The van der Waals surface area contributed by atoms with E-state index in [2.05, 4.69) is 10.6 Å². The SMILES string of the molecule is NC(=O)NCCNc1ccc(C(F)(F)F)cc1C(=O)O. The molecule has 1 rings (SSSR count). The lowest BCUT2D eigenvalue weighted by atomic mass is 10.1. The standard InChI is InChI=1S/C11H12F3N3O3/c12-11(13,14)6-1-2-8(7(5-6)9(18)19)16-3-4-17-10(15)20/h1-2,5,16H,3-4H2,(H,18,19)(H3,15,17,20). The van der Waals surface area contributed by atoms with Gasteiger partial charge in [0.05, 0.1) is 11.1 Å². The van der Waals surface area contributed by atoms with E-state index in [-0.39, 0.29) is 18.8 Å². The number of carbonyl (C=O) groups is 2. The van der Waals surface area contributed by atoms with Crippen molar-refractivity contribution < 1.29 is 27.9 Å². The Kier molecular flexibility index (Phi) is 4.78. The first-order chi connectivity index (χ1) is 9.21. The number of carboxylic acid groups (broad SMARTS) is 1. The third-order valence-corrected chi connectivity index (χ3v) is 2.32. The molecule has 0 aliphatic rings. The van der Waals surface area contributed by atoms with Gasteiger partial charge in [0.25, 0.3) is 0 Å². The first-order valence-corrected chi connectivity index (χ1v) is 5.43. The van der Waals surface area contributed by atoms with Crippen LogP contribution in [0.4, 0.5) is 23.7 Å². The number of hydrogen-bond donors (Lipinski definition) is 4. The van der Waals surface area contributed by atoms with Gasteiger partial charge in [-0.05, 0) is 18.2 Å². The molecule has 0 atom stereocenters. The predicted octanol–water partition coefficient (Wildman–Crippen LogP) is 1.48. The summed E-state index contributed by atoms with van der Waals surface area (Å²) in [7, 11) is 0. The summed E-state index contributed by atoms with van der Waals surface area (Å²) >= 11 is 0. The highest BCUT2D eigenvalue weighted by Crippen LogP contribution is 2.31. The minimum absolute atomic E-state index is 0.0248. The van der Waals surface area contributed by atoms with Gasteiger partial charge in [0.1, 0.15) is 0 Å². The maximum atomic E-state index is 12.5. The molecule has 0 spiro atoms. The van der Waals surface area contributed by atoms with Crippen LogP contribution in [0, 0.1) is 0 Å². The highest BCUT2D eigenvalue weighted by atomic mass is 19.4. The van der Waals surface area contributed by atoms with Crippen LogP contribution in [0.1, 0.15) is 15.9 Å². The molecule has 0 radical (unpaired) electrons. The van der Waals surface area contributed by atoms with Crippen LogP contribution >= 0.6 is 0 Å². The zero-order valence-electron chi connectivity index (χ0n) is 10.1. The average molecular weight is 291 g/mol. The lowest BCUT2D eigenvalue weighted by Crippen LogP contribution is -2.33. The maximum Gasteiger partial charge on any atom is 0.416 e. The number of amides is 2. The molecular weight excluding hydrogens is 279 g/mol. The number of nitrogens with two attached hydrogens (primary N) is 1. The number of urea groups is 1. The molecule has 0 aliphatic heterocycles. The highest BCUT2D eigenvalue weighted by Gasteiger charge is 2.31. The summed E-state index contributed by atoms with van der Waals surface area (Å²) in [5.41, 5.74) is 3.30. The van der Waals surface area contributed by atoms with Crippen LogP contribution in [0.25, 0.3) is 0 Å². The number of carboxylic acids is 1. The predicted molar refractivity (Wildman–Crippen MR) is 64.5 cm³/mol. The third-order valence-electron chi connectivity index (χ3n) is 2.32. The quantitative estimate of drug-likeness (QED) is 0.617. The van der Waals surface area contributed by atoms with Gasteiger partial charge in [-0.15, -0.1) is 0 Å². The normalized spacial score (nSPS) is 10.9. The first-order valence-electron chi connectivity index (χ1n) is 5.43. The molecule has 0 fully saturated rings. The van der Waals surface area contributed by atoms with Crippen molar-refractivity contribution >= 4 is 17.7 Å². The molecule has 6 nitrogen and oxygen atoms in total. The van der Waals surface area contributed by atoms with Crippen molar-refractivity contribution in [2.45, 2.75) is 6.18 Å². The number of hydrogen-bond acceptors (Lipinski definition) is 3. The van der Waals surface area contributed by atoms with Crippen LogP contribution in [0.3, 0.4) is 0 Å². The summed E-state index contributed by atoms with van der Waals surface area (Å²) in [4.78, 5) is 21.3. The van der Waals surface area contributed by atoms with Crippen LogP contribution in [-0.4, -0.2) is 30.2 Å². The van der Waals surface area contributed by atoms with E-state index in [1.165, 1.54) is 0 Å². The molecule has 20 heavy (non-hydrogen) atoms. The van der Waals surface area contributed by atoms with Crippen LogP contribution in [0.2, 0.25) is 0 Å². The summed E-state index contributed by atoms with van der Waals surface area (Å²) < 4.78 is 37.5. The van der Waals surface area contributed by atoms with Crippen LogP contribution in [0.15, 0.2) is 18.2 Å². The number of rotatable bonds is 5. The third kappa shape index (κ3) is 4.34. The summed E-state index contributed by atoms with van der Waals surface area (Å²) in [6.07, 6.45) is -4.61. The van der Waals surface area contributed by atoms with Gasteiger partial charge in [0, 0.05) is 18.8 Å². The van der Waals surface area contributed by atoms with Crippen molar-refractivity contribution in [1.82, 2.24) is 5.32 Å². The maximum absolute atomic E-state index is 12.5. The molecule has 0 unspecified atom stereocenters. The molecule has 0 saturated carbocycles. The average Bonchev–Trinajstić information content (AvgIpc) is 2.33. The number of alkyl halides is 3. The molecule has 0 aromatic heterocycles. The van der Waals surface area contributed by atoms with Crippen molar-refractivity contribution in [3.05, 3.63) is 29.3 Å². The molecule has 0 aliphatic carbocycles. The number of primary amides is 1. The van der Waals surface area contributed by atoms with Gasteiger partial charge in [-0.3, -0.25) is 0 Å². The van der Waals surface area contributed by atoms with Crippen LogP contribution in [0.5, 0.6) is 0 Å². The molecule has 1 aromatic carbocycles. The van der Waals surface area contributed by atoms with Crippen molar-refractivity contribution in [3.63, 3.8) is 0 Å². The summed E-state index contributed by atoms with van der Waals surface area (Å²) in [6.45, 7) is 0.226. The van der Waals surface area contributed by atoms with E-state index in [1.807, 2.05) is 0 Å². The topological polar surface area (TPSA) is 104 Å². The minimum atomic E-state index is -4.61. The van der Waals surface area contributed by atoms with E-state index in [4.69, 9.17) is 10.8 Å². The van der Waals surface area contributed by atoms with Gasteiger partial charge in [-0.25, -0.2) is 9.59 Å². The number of benzene rings is 1. The second-order valence-electron chi connectivity index (χ2n) is 3.78. The highest BCUT2D eigenvalue weighted by molar-refractivity contribution is 5.94. The first kappa shape index (κ1) is 15.6. The van der Waals surface area contributed by atoms with Crippen molar-refractivity contribution in [1.29, 1.82) is 0 Å². The summed E-state index contributed by atoms with van der Waals surface area (Å²) in [6, 6.07) is 1.59. The molecule has 110 valence electrons. The molecule has 9 heteroatoms. The number of halogens is 3. The Balaban J connectivity index is 2.86. The lowest BCUT2D eigenvalue weighted by molar-refractivity contribution is -0.137. The Morgan fingerprint density at radius 1 is 1.25 bits per heavy atom. The van der Waals surface area contributed by atoms with Crippen molar-refractivity contribution in [3.8, 4) is 0 Å². The summed E-state index contributed by atoms with van der Waals surface area (Å²) in [5, 5.41) is 13.8. The smallest absolute Gasteiger partial charge is 0.416 e. The lowest BCUT2D eigenvalue weighted by Gasteiger charge is -2.13. The zero-order valence-corrected chi connectivity index (χ0v) is 10.1. The van der Waals surface area contributed by atoms with Gasteiger partial charge in [-0.2, -0.15) is 13.2 Å². The molecule has 2 amide bonds. The fourth-order valence-corrected chi connectivity index (χ4v) is 1.43. The van der Waals surface area contributed by atoms with Gasteiger partial charge in [0.2, 0.25) is 0 Å². The van der Waals surface area contributed by atoms with E-state index in [1.54, 1.807) is 0 Å². The number of carbonyl (C=O) groups excluding carboxylic acids is 1. The molecule has 5 N–H and O–H groups in total. The zero-order chi connectivity index (χ0) is 15.3. The van der Waals surface area contributed by atoms with Gasteiger partial charge in [-0.1, -0.05) is 0 Å². The summed E-state index contributed by atoms with van der Waals surface area (Å²) in [5.74, 6) is -1.48.